The molecule has 1 fully saturated rings. The van der Waals surface area contributed by atoms with Gasteiger partial charge in [0.25, 0.3) is 0 Å². The van der Waals surface area contributed by atoms with Crippen LogP contribution < -0.4 is 10.6 Å². The van der Waals surface area contributed by atoms with Gasteiger partial charge in [-0.1, -0.05) is 28.4 Å². The largest absolute Gasteiger partial charge is 0.369 e. The Bertz CT molecular complexity index is 693. The van der Waals surface area contributed by atoms with Gasteiger partial charge in [-0.2, -0.15) is 4.98 Å². The Morgan fingerprint density at radius 2 is 1.83 bits per heavy atom. The van der Waals surface area contributed by atoms with Crippen LogP contribution in [0.25, 0.3) is 11.4 Å². The first-order valence-corrected chi connectivity index (χ1v) is 7.82. The van der Waals surface area contributed by atoms with Gasteiger partial charge in [0.1, 0.15) is 0 Å². The second-order valence-electron chi connectivity index (χ2n) is 5.29. The van der Waals surface area contributed by atoms with Crippen molar-refractivity contribution in [3.8, 4) is 11.4 Å². The predicted octanol–water partition coefficient (Wildman–Crippen LogP) is 1.65. The number of halogens is 2. The maximum Gasteiger partial charge on any atom is 0.324 e. The molecular weight excluding hydrogens is 341 g/mol. The summed E-state index contributed by atoms with van der Waals surface area (Å²) in [4.78, 5) is 19.3. The van der Waals surface area contributed by atoms with Gasteiger partial charge in [0.05, 0.1) is 6.54 Å². The molecule has 0 aliphatic carbocycles. The molecule has 122 valence electrons. The molecule has 3 rings (SSSR count). The van der Waals surface area contributed by atoms with Crippen molar-refractivity contribution in [2.75, 3.05) is 37.6 Å². The van der Waals surface area contributed by atoms with Gasteiger partial charge in [0.15, 0.2) is 0 Å². The summed E-state index contributed by atoms with van der Waals surface area (Å²) >= 11 is 12.0. The average molecular weight is 356 g/mol. The molecule has 1 aliphatic rings. The van der Waals surface area contributed by atoms with Crippen LogP contribution in [-0.2, 0) is 4.79 Å². The first-order chi connectivity index (χ1) is 11.0. The Hall–Kier alpha value is -1.83. The number of primary amides is 1. The fraction of sp³-hybridized carbons (Fsp3) is 0.357. The van der Waals surface area contributed by atoms with Crippen LogP contribution >= 0.6 is 23.2 Å². The van der Waals surface area contributed by atoms with Crippen LogP contribution in [-0.4, -0.2) is 53.7 Å². The summed E-state index contributed by atoms with van der Waals surface area (Å²) in [6, 6.07) is 5.54. The maximum absolute atomic E-state index is 10.9. The minimum absolute atomic E-state index is 0.268. The number of rotatable bonds is 4. The van der Waals surface area contributed by atoms with E-state index in [1.165, 1.54) is 0 Å². The van der Waals surface area contributed by atoms with E-state index in [0.29, 0.717) is 53.6 Å². The Balaban J connectivity index is 1.69. The molecular formula is C14H15Cl2N5O2. The van der Waals surface area contributed by atoms with Crippen LogP contribution in [0.1, 0.15) is 0 Å². The van der Waals surface area contributed by atoms with Crippen LogP contribution in [0.4, 0.5) is 6.01 Å². The maximum atomic E-state index is 10.9. The molecule has 1 saturated heterocycles. The standard InChI is InChI=1S/C14H15Cl2N5O2/c15-10-5-9(6-11(16)7-10)13-18-14(23-19-13)21-3-1-20(2-4-21)8-12(17)22/h5-7H,1-4,8H2,(H2,17,22). The molecule has 1 amide bonds. The SMILES string of the molecule is NC(=O)CN1CCN(c2nc(-c3cc(Cl)cc(Cl)c3)no2)CC1. The summed E-state index contributed by atoms with van der Waals surface area (Å²) in [7, 11) is 0. The number of hydrogen-bond acceptors (Lipinski definition) is 6. The topological polar surface area (TPSA) is 88.5 Å². The number of nitrogens with zero attached hydrogens (tertiary/aromatic N) is 4. The lowest BCUT2D eigenvalue weighted by Crippen LogP contribution is -2.49. The van der Waals surface area contributed by atoms with E-state index in [-0.39, 0.29) is 12.5 Å². The van der Waals surface area contributed by atoms with Gasteiger partial charge in [0.2, 0.25) is 11.7 Å². The Labute approximate surface area is 142 Å². The van der Waals surface area contributed by atoms with Crippen molar-refractivity contribution < 1.29 is 9.32 Å². The summed E-state index contributed by atoms with van der Waals surface area (Å²) in [6.45, 7) is 3.06. The van der Waals surface area contributed by atoms with E-state index in [2.05, 4.69) is 10.1 Å². The quantitative estimate of drug-likeness (QED) is 0.896. The molecule has 1 aromatic carbocycles. The zero-order chi connectivity index (χ0) is 16.4. The minimum Gasteiger partial charge on any atom is -0.369 e. The van der Waals surface area contributed by atoms with Gasteiger partial charge < -0.3 is 15.2 Å². The number of aromatic nitrogens is 2. The lowest BCUT2D eigenvalue weighted by atomic mass is 10.2. The zero-order valence-corrected chi connectivity index (χ0v) is 13.7. The van der Waals surface area contributed by atoms with Crippen LogP contribution in [0.2, 0.25) is 10.0 Å². The number of anilines is 1. The highest BCUT2D eigenvalue weighted by molar-refractivity contribution is 6.35. The fourth-order valence-electron chi connectivity index (χ4n) is 2.46. The van der Waals surface area contributed by atoms with Gasteiger partial charge in [-0.3, -0.25) is 9.69 Å². The molecule has 0 bridgehead atoms. The third-order valence-corrected chi connectivity index (χ3v) is 3.99. The highest BCUT2D eigenvalue weighted by Crippen LogP contribution is 2.27. The van der Waals surface area contributed by atoms with E-state index in [1.807, 2.05) is 9.80 Å². The van der Waals surface area contributed by atoms with Crippen molar-refractivity contribution in [1.29, 1.82) is 0 Å². The molecule has 2 N–H and O–H groups in total. The van der Waals surface area contributed by atoms with E-state index in [9.17, 15) is 4.79 Å². The number of hydrogen-bond donors (Lipinski definition) is 1. The first kappa shape index (κ1) is 16.0. The molecule has 0 saturated carbocycles. The summed E-state index contributed by atoms with van der Waals surface area (Å²) in [5.74, 6) is 0.111. The molecule has 23 heavy (non-hydrogen) atoms. The minimum atomic E-state index is -0.323. The molecule has 0 atom stereocenters. The second kappa shape index (κ2) is 6.74. The number of nitrogens with two attached hydrogens (primary N) is 1. The predicted molar refractivity (Wildman–Crippen MR) is 87.6 cm³/mol. The van der Waals surface area contributed by atoms with E-state index in [4.69, 9.17) is 33.5 Å². The smallest absolute Gasteiger partial charge is 0.324 e. The van der Waals surface area contributed by atoms with Gasteiger partial charge in [0, 0.05) is 41.8 Å². The van der Waals surface area contributed by atoms with Crippen molar-refractivity contribution in [2.45, 2.75) is 0 Å². The molecule has 7 nitrogen and oxygen atoms in total. The first-order valence-electron chi connectivity index (χ1n) is 7.07. The van der Waals surface area contributed by atoms with Crippen molar-refractivity contribution in [2.24, 2.45) is 5.73 Å². The van der Waals surface area contributed by atoms with Crippen LogP contribution in [0, 0.1) is 0 Å². The molecule has 1 aromatic heterocycles. The van der Waals surface area contributed by atoms with Crippen LogP contribution in [0.5, 0.6) is 0 Å². The summed E-state index contributed by atoms with van der Waals surface area (Å²) in [5, 5.41) is 5.00. The van der Waals surface area contributed by atoms with Crippen molar-refractivity contribution >= 4 is 35.1 Å². The number of carbonyl (C=O) groups is 1. The third kappa shape index (κ3) is 3.93. The van der Waals surface area contributed by atoms with Crippen molar-refractivity contribution in [1.82, 2.24) is 15.0 Å². The van der Waals surface area contributed by atoms with E-state index in [1.54, 1.807) is 18.2 Å². The molecule has 2 heterocycles. The lowest BCUT2D eigenvalue weighted by Gasteiger charge is -2.32. The summed E-state index contributed by atoms with van der Waals surface area (Å²) in [6.07, 6.45) is 0. The van der Waals surface area contributed by atoms with Gasteiger partial charge in [-0.15, -0.1) is 0 Å². The van der Waals surface area contributed by atoms with Gasteiger partial charge in [-0.05, 0) is 18.2 Å². The molecule has 1 aliphatic heterocycles. The second-order valence-corrected chi connectivity index (χ2v) is 6.16. The van der Waals surface area contributed by atoms with Crippen LogP contribution in [0.15, 0.2) is 22.7 Å². The number of benzene rings is 1. The molecule has 0 spiro atoms. The lowest BCUT2D eigenvalue weighted by molar-refractivity contribution is -0.119. The summed E-state index contributed by atoms with van der Waals surface area (Å²) < 4.78 is 5.32. The highest BCUT2D eigenvalue weighted by atomic mass is 35.5. The highest BCUT2D eigenvalue weighted by Gasteiger charge is 2.22. The fourth-order valence-corrected chi connectivity index (χ4v) is 2.99. The van der Waals surface area contributed by atoms with Crippen molar-refractivity contribution in [3.05, 3.63) is 28.2 Å². The van der Waals surface area contributed by atoms with Crippen molar-refractivity contribution in [3.63, 3.8) is 0 Å². The number of carbonyl (C=O) groups excluding carboxylic acids is 1. The Morgan fingerprint density at radius 1 is 1.17 bits per heavy atom. The molecule has 9 heteroatoms. The van der Waals surface area contributed by atoms with E-state index >= 15 is 0 Å². The van der Waals surface area contributed by atoms with Gasteiger partial charge >= 0.3 is 6.01 Å². The number of piperazine rings is 1. The molecule has 0 radical (unpaired) electrons. The number of amides is 1. The Morgan fingerprint density at radius 3 is 2.43 bits per heavy atom. The molecule has 2 aromatic rings. The summed E-state index contributed by atoms with van der Waals surface area (Å²) in [5.41, 5.74) is 5.90. The third-order valence-electron chi connectivity index (χ3n) is 3.56. The Kier molecular flexibility index (Phi) is 4.70. The van der Waals surface area contributed by atoms with Crippen LogP contribution in [0.3, 0.4) is 0 Å². The van der Waals surface area contributed by atoms with Gasteiger partial charge in [-0.25, -0.2) is 0 Å². The monoisotopic (exact) mass is 355 g/mol. The van der Waals surface area contributed by atoms with E-state index < -0.39 is 0 Å². The zero-order valence-electron chi connectivity index (χ0n) is 12.2. The molecule has 0 unspecified atom stereocenters. The average Bonchev–Trinajstić information content (AvgIpc) is 2.96. The van der Waals surface area contributed by atoms with E-state index in [0.717, 1.165) is 0 Å². The normalized spacial score (nSPS) is 15.8.